The number of nitrogens with one attached hydrogen (secondary N) is 4. The van der Waals surface area contributed by atoms with Gasteiger partial charge in [0, 0.05) is 31.7 Å². The quantitative estimate of drug-likeness (QED) is 0.0588. The number of hydrogen-bond acceptors (Lipinski definition) is 7. The number of carbonyl (C=O) groups is 5. The highest BCUT2D eigenvalue weighted by atomic mass is 16.5. The molecular formula is C48H75N5O7. The van der Waals surface area contributed by atoms with E-state index in [0.29, 0.717) is 36.2 Å². The SMILES string of the molecule is CC(C)CCC[C@@H](C)[C@H]1CC[C@H]2[C@@H]3CC=C4C[C@@H](OCCCNC(=O)CCC(=O)N[C@@H](C)C(=O)N[C@@H](CC(N)=O)C(=O)Nc5ccc(CO)cc5)CC[C@]4(C)[C@H]3CC[C@]12C. The summed E-state index contributed by atoms with van der Waals surface area (Å²) >= 11 is 0. The van der Waals surface area contributed by atoms with E-state index in [1.165, 1.54) is 64.7 Å². The van der Waals surface area contributed by atoms with Crippen LogP contribution in [0.3, 0.4) is 0 Å². The predicted octanol–water partition coefficient (Wildman–Crippen LogP) is 6.70. The molecular weight excluding hydrogens is 759 g/mol. The molecule has 0 unspecified atom stereocenters. The molecule has 0 saturated heterocycles. The number of benzene rings is 1. The summed E-state index contributed by atoms with van der Waals surface area (Å²) in [5, 5.41) is 19.7. The number of rotatable bonds is 21. The van der Waals surface area contributed by atoms with Gasteiger partial charge in [-0.15, -0.1) is 0 Å². The van der Waals surface area contributed by atoms with Crippen LogP contribution in [0.2, 0.25) is 0 Å². The van der Waals surface area contributed by atoms with Gasteiger partial charge >= 0.3 is 0 Å². The third-order valence-corrected chi connectivity index (χ3v) is 15.0. The van der Waals surface area contributed by atoms with E-state index in [1.807, 2.05) is 0 Å². The molecule has 5 amide bonds. The van der Waals surface area contributed by atoms with Gasteiger partial charge in [-0.1, -0.05) is 77.7 Å². The van der Waals surface area contributed by atoms with Crippen molar-refractivity contribution < 1.29 is 33.8 Å². The fourth-order valence-corrected chi connectivity index (χ4v) is 11.7. The normalized spacial score (nSPS) is 28.5. The van der Waals surface area contributed by atoms with E-state index in [1.54, 1.807) is 29.8 Å². The number of aliphatic hydroxyl groups excluding tert-OH is 1. The van der Waals surface area contributed by atoms with Gasteiger partial charge < -0.3 is 36.8 Å². The highest BCUT2D eigenvalue weighted by Crippen LogP contribution is 2.67. The number of allylic oxidation sites excluding steroid dienone is 1. The van der Waals surface area contributed by atoms with Gasteiger partial charge in [0.1, 0.15) is 12.1 Å². The Kier molecular flexibility index (Phi) is 16.8. The molecule has 0 heterocycles. The number of ether oxygens (including phenoxy) is 1. The lowest BCUT2D eigenvalue weighted by molar-refractivity contribution is -0.132. The molecule has 334 valence electrons. The van der Waals surface area contributed by atoms with Gasteiger partial charge in [0.15, 0.2) is 0 Å². The van der Waals surface area contributed by atoms with Crippen molar-refractivity contribution in [3.05, 3.63) is 41.5 Å². The third kappa shape index (κ3) is 12.0. The zero-order valence-electron chi connectivity index (χ0n) is 37.3. The summed E-state index contributed by atoms with van der Waals surface area (Å²) in [5.74, 6) is 2.05. The zero-order chi connectivity index (χ0) is 43.6. The Morgan fingerprint density at radius 3 is 2.30 bits per heavy atom. The number of primary amides is 1. The molecule has 1 aromatic rings. The molecule has 0 aliphatic heterocycles. The van der Waals surface area contributed by atoms with Crippen molar-refractivity contribution in [3.8, 4) is 0 Å². The van der Waals surface area contributed by atoms with Crippen LogP contribution in [0.4, 0.5) is 5.69 Å². The zero-order valence-corrected chi connectivity index (χ0v) is 37.3. The predicted molar refractivity (Wildman–Crippen MR) is 234 cm³/mol. The molecule has 0 bridgehead atoms. The van der Waals surface area contributed by atoms with E-state index in [0.717, 1.165) is 48.3 Å². The topological polar surface area (TPSA) is 189 Å². The minimum Gasteiger partial charge on any atom is -0.392 e. The van der Waals surface area contributed by atoms with Crippen LogP contribution in [0.1, 0.15) is 143 Å². The molecule has 60 heavy (non-hydrogen) atoms. The van der Waals surface area contributed by atoms with Crippen molar-refractivity contribution in [2.45, 2.75) is 163 Å². The van der Waals surface area contributed by atoms with E-state index in [9.17, 15) is 29.1 Å². The van der Waals surface area contributed by atoms with E-state index >= 15 is 0 Å². The van der Waals surface area contributed by atoms with Crippen LogP contribution in [-0.2, 0) is 35.3 Å². The van der Waals surface area contributed by atoms with Crippen molar-refractivity contribution in [3.63, 3.8) is 0 Å². The monoisotopic (exact) mass is 834 g/mol. The van der Waals surface area contributed by atoms with Crippen LogP contribution in [0, 0.1) is 46.3 Å². The molecule has 12 heteroatoms. The number of carbonyl (C=O) groups excluding carboxylic acids is 5. The second-order valence-electron chi connectivity index (χ2n) is 19.6. The number of amides is 5. The van der Waals surface area contributed by atoms with E-state index < -0.39 is 42.1 Å². The van der Waals surface area contributed by atoms with Gasteiger partial charge in [0.25, 0.3) is 0 Å². The summed E-state index contributed by atoms with van der Waals surface area (Å²) in [4.78, 5) is 62.4. The van der Waals surface area contributed by atoms with Crippen molar-refractivity contribution in [2.75, 3.05) is 18.5 Å². The molecule has 4 aliphatic carbocycles. The third-order valence-electron chi connectivity index (χ3n) is 15.0. The Morgan fingerprint density at radius 2 is 1.60 bits per heavy atom. The molecule has 3 saturated carbocycles. The summed E-state index contributed by atoms with van der Waals surface area (Å²) < 4.78 is 6.38. The highest BCUT2D eigenvalue weighted by Gasteiger charge is 2.59. The number of aliphatic hydroxyl groups is 1. The van der Waals surface area contributed by atoms with Crippen LogP contribution >= 0.6 is 0 Å². The molecule has 5 rings (SSSR count). The van der Waals surface area contributed by atoms with Crippen LogP contribution in [0.25, 0.3) is 0 Å². The van der Waals surface area contributed by atoms with Crippen molar-refractivity contribution in [1.29, 1.82) is 0 Å². The van der Waals surface area contributed by atoms with E-state index in [2.05, 4.69) is 62.0 Å². The first-order valence-electron chi connectivity index (χ1n) is 23.0. The largest absolute Gasteiger partial charge is 0.392 e. The first-order valence-corrected chi connectivity index (χ1v) is 23.0. The Balaban J connectivity index is 0.976. The fourth-order valence-electron chi connectivity index (χ4n) is 11.7. The average Bonchev–Trinajstić information content (AvgIpc) is 3.57. The van der Waals surface area contributed by atoms with Gasteiger partial charge in [-0.3, -0.25) is 24.0 Å². The maximum absolute atomic E-state index is 12.8. The molecule has 0 spiro atoms. The van der Waals surface area contributed by atoms with Crippen LogP contribution in [0.15, 0.2) is 35.9 Å². The number of nitrogens with two attached hydrogens (primary N) is 1. The molecule has 3 fully saturated rings. The summed E-state index contributed by atoms with van der Waals surface area (Å²) in [5.41, 5.74) is 8.77. The Morgan fingerprint density at radius 1 is 0.867 bits per heavy atom. The molecule has 0 aromatic heterocycles. The number of hydrogen-bond donors (Lipinski definition) is 6. The van der Waals surface area contributed by atoms with Gasteiger partial charge in [0.2, 0.25) is 29.5 Å². The molecule has 0 radical (unpaired) electrons. The smallest absolute Gasteiger partial charge is 0.247 e. The van der Waals surface area contributed by atoms with Crippen molar-refractivity contribution >= 4 is 35.2 Å². The van der Waals surface area contributed by atoms with Crippen LogP contribution in [-0.4, -0.2) is 66.0 Å². The molecule has 1 aromatic carbocycles. The van der Waals surface area contributed by atoms with Crippen LogP contribution < -0.4 is 27.0 Å². The first kappa shape index (κ1) is 47.3. The van der Waals surface area contributed by atoms with Crippen molar-refractivity contribution in [2.24, 2.45) is 52.1 Å². The maximum Gasteiger partial charge on any atom is 0.247 e. The van der Waals surface area contributed by atoms with E-state index in [-0.39, 0.29) is 36.9 Å². The average molecular weight is 834 g/mol. The standard InChI is InChI=1S/C48H75N5O7/c1-30(2)9-7-10-31(3)38-17-18-39-37-16-13-34-27-36(21-23-47(34,5)40(37)22-24-48(38,39)6)60-26-8-25-50-43(56)19-20-44(57)51-32(4)45(58)53-41(28-42(49)55)46(59)52-35-14-11-33(29-54)12-15-35/h11-15,30-32,36-41,54H,7-10,16-29H2,1-6H3,(H2,49,55)(H,50,56)(H,51,57)(H,52,59)(H,53,58)/t31-,32+,36+,37+,38-,39+,40+,41+,47+,48-/m1/s1. The summed E-state index contributed by atoms with van der Waals surface area (Å²) in [6.07, 6.45) is 17.1. The second kappa shape index (κ2) is 21.3. The molecule has 12 nitrogen and oxygen atoms in total. The van der Waals surface area contributed by atoms with Gasteiger partial charge in [0.05, 0.1) is 19.1 Å². The first-order chi connectivity index (χ1) is 28.5. The Bertz CT molecular complexity index is 1680. The molecule has 7 N–H and O–H groups in total. The van der Waals surface area contributed by atoms with Crippen molar-refractivity contribution in [1.82, 2.24) is 16.0 Å². The van der Waals surface area contributed by atoms with Gasteiger partial charge in [-0.05, 0) is 129 Å². The highest BCUT2D eigenvalue weighted by molar-refractivity contribution is 6.00. The van der Waals surface area contributed by atoms with Gasteiger partial charge in [-0.25, -0.2) is 0 Å². The summed E-state index contributed by atoms with van der Waals surface area (Å²) in [6.45, 7) is 14.8. The number of fused-ring (bicyclic) bond motifs is 5. The lowest BCUT2D eigenvalue weighted by Gasteiger charge is -2.58. The maximum atomic E-state index is 12.8. The van der Waals surface area contributed by atoms with Gasteiger partial charge in [-0.2, -0.15) is 0 Å². The second-order valence-corrected chi connectivity index (χ2v) is 19.6. The fraction of sp³-hybridized carbons (Fsp3) is 0.729. The Labute approximate surface area is 358 Å². The summed E-state index contributed by atoms with van der Waals surface area (Å²) in [6, 6.07) is 4.10. The Hall–Kier alpha value is -3.77. The minimum absolute atomic E-state index is 0.0433. The number of anilines is 1. The lowest BCUT2D eigenvalue weighted by Crippen LogP contribution is -2.52. The molecule has 4 aliphatic rings. The van der Waals surface area contributed by atoms with Crippen LogP contribution in [0.5, 0.6) is 0 Å². The minimum atomic E-state index is -1.27. The lowest BCUT2D eigenvalue weighted by atomic mass is 9.47. The summed E-state index contributed by atoms with van der Waals surface area (Å²) in [7, 11) is 0. The molecule has 10 atom stereocenters. The van der Waals surface area contributed by atoms with E-state index in [4.69, 9.17) is 10.5 Å².